The van der Waals surface area contributed by atoms with Gasteiger partial charge >= 0.3 is 0 Å². The van der Waals surface area contributed by atoms with Crippen molar-refractivity contribution in [2.75, 3.05) is 6.54 Å². The molecule has 0 bridgehead atoms. The van der Waals surface area contributed by atoms with Crippen molar-refractivity contribution in [3.63, 3.8) is 0 Å². The van der Waals surface area contributed by atoms with Crippen LogP contribution in [-0.4, -0.2) is 11.7 Å². The molecule has 0 saturated carbocycles. The average Bonchev–Trinajstić information content (AvgIpc) is 2.94. The van der Waals surface area contributed by atoms with Crippen molar-refractivity contribution in [3.8, 4) is 0 Å². The largest absolute Gasteiger partial charge is 0.388 e. The molecule has 3 aromatic rings. The Labute approximate surface area is 136 Å². The van der Waals surface area contributed by atoms with E-state index in [1.54, 1.807) is 11.3 Å². The van der Waals surface area contributed by atoms with Crippen molar-refractivity contribution in [1.82, 2.24) is 0 Å². The third-order valence-corrected chi connectivity index (χ3v) is 5.27. The van der Waals surface area contributed by atoms with Crippen LogP contribution in [0.5, 0.6) is 0 Å². The zero-order valence-electron chi connectivity index (χ0n) is 11.4. The van der Waals surface area contributed by atoms with Gasteiger partial charge in [-0.15, -0.1) is 11.3 Å². The van der Waals surface area contributed by atoms with Crippen LogP contribution in [0.2, 0.25) is 0 Å². The highest BCUT2D eigenvalue weighted by Crippen LogP contribution is 2.37. The molecule has 3 rings (SSSR count). The summed E-state index contributed by atoms with van der Waals surface area (Å²) in [6.45, 7) is 0.410. The van der Waals surface area contributed by atoms with Gasteiger partial charge < -0.3 is 10.8 Å². The van der Waals surface area contributed by atoms with Gasteiger partial charge in [-0.25, -0.2) is 0 Å². The lowest BCUT2D eigenvalue weighted by Crippen LogP contribution is -2.20. The maximum Gasteiger partial charge on any atom is 0.0884 e. The van der Waals surface area contributed by atoms with Crippen LogP contribution < -0.4 is 5.73 Å². The molecule has 2 atom stereocenters. The predicted molar refractivity (Wildman–Crippen MR) is 92.7 cm³/mol. The summed E-state index contributed by atoms with van der Waals surface area (Å²) in [4.78, 5) is 0. The van der Waals surface area contributed by atoms with Crippen molar-refractivity contribution in [2.24, 2.45) is 5.73 Å². The maximum absolute atomic E-state index is 10.8. The number of hydrogen-bond donors (Lipinski definition) is 2. The number of rotatable bonds is 4. The summed E-state index contributed by atoms with van der Waals surface area (Å²) in [6.07, 6.45) is -0.590. The van der Waals surface area contributed by atoms with E-state index < -0.39 is 6.10 Å². The fourth-order valence-electron chi connectivity index (χ4n) is 2.60. The van der Waals surface area contributed by atoms with Crippen LogP contribution in [0.15, 0.2) is 58.4 Å². The molecule has 0 aliphatic carbocycles. The summed E-state index contributed by atoms with van der Waals surface area (Å²) in [5.74, 6) is -0.101. The molecule has 0 spiro atoms. The molecule has 2 nitrogen and oxygen atoms in total. The van der Waals surface area contributed by atoms with E-state index in [1.807, 2.05) is 41.8 Å². The number of thiophene rings is 1. The molecular weight excluding hydrogens is 346 g/mol. The van der Waals surface area contributed by atoms with Crippen molar-refractivity contribution in [3.05, 3.63) is 69.5 Å². The van der Waals surface area contributed by atoms with Crippen LogP contribution in [0.1, 0.15) is 23.1 Å². The van der Waals surface area contributed by atoms with Crippen LogP contribution in [0.25, 0.3) is 10.1 Å². The smallest absolute Gasteiger partial charge is 0.0884 e. The molecule has 0 saturated heterocycles. The van der Waals surface area contributed by atoms with E-state index in [4.69, 9.17) is 5.73 Å². The number of aliphatic hydroxyl groups is 1. The minimum atomic E-state index is -0.590. The van der Waals surface area contributed by atoms with Gasteiger partial charge in [0.05, 0.1) is 6.10 Å². The predicted octanol–water partition coefficient (Wildman–Crippen LogP) is 4.44. The summed E-state index contributed by atoms with van der Waals surface area (Å²) in [7, 11) is 0. The van der Waals surface area contributed by atoms with Gasteiger partial charge in [0.25, 0.3) is 0 Å². The van der Waals surface area contributed by atoms with Crippen LogP contribution in [0, 0.1) is 0 Å². The Bertz CT molecular complexity index is 738. The van der Waals surface area contributed by atoms with Crippen molar-refractivity contribution < 1.29 is 5.11 Å². The SMILES string of the molecule is NCC(c1ccc(Br)cc1)C(O)c1csc2ccccc12. The first-order valence-corrected chi connectivity index (χ1v) is 8.47. The van der Waals surface area contributed by atoms with Crippen LogP contribution >= 0.6 is 27.3 Å². The summed E-state index contributed by atoms with van der Waals surface area (Å²) in [6, 6.07) is 16.1. The molecule has 4 heteroatoms. The molecule has 2 unspecified atom stereocenters. The molecule has 0 fully saturated rings. The lowest BCUT2D eigenvalue weighted by Gasteiger charge is -2.22. The first kappa shape index (κ1) is 14.7. The Hall–Kier alpha value is -1.20. The molecular formula is C17H16BrNOS. The third-order valence-electron chi connectivity index (χ3n) is 3.76. The van der Waals surface area contributed by atoms with Gasteiger partial charge in [0.15, 0.2) is 0 Å². The van der Waals surface area contributed by atoms with Gasteiger partial charge in [0.2, 0.25) is 0 Å². The fourth-order valence-corrected chi connectivity index (χ4v) is 3.86. The highest BCUT2D eigenvalue weighted by atomic mass is 79.9. The zero-order valence-corrected chi connectivity index (χ0v) is 13.8. The minimum Gasteiger partial charge on any atom is -0.388 e. The van der Waals surface area contributed by atoms with Gasteiger partial charge in [-0.05, 0) is 40.1 Å². The Morgan fingerprint density at radius 1 is 1.10 bits per heavy atom. The van der Waals surface area contributed by atoms with E-state index in [1.165, 1.54) is 4.70 Å². The first-order chi connectivity index (χ1) is 10.2. The number of nitrogens with two attached hydrogens (primary N) is 1. The van der Waals surface area contributed by atoms with Gasteiger partial charge in [0.1, 0.15) is 0 Å². The van der Waals surface area contributed by atoms with Gasteiger partial charge in [0, 0.05) is 21.6 Å². The van der Waals surface area contributed by atoms with E-state index in [2.05, 4.69) is 28.1 Å². The summed E-state index contributed by atoms with van der Waals surface area (Å²) in [5.41, 5.74) is 7.95. The first-order valence-electron chi connectivity index (χ1n) is 6.80. The molecule has 0 aliphatic heterocycles. The molecule has 21 heavy (non-hydrogen) atoms. The fraction of sp³-hybridized carbons (Fsp3) is 0.176. The highest BCUT2D eigenvalue weighted by molar-refractivity contribution is 9.10. The molecule has 1 aromatic heterocycles. The van der Waals surface area contributed by atoms with Crippen molar-refractivity contribution in [2.45, 2.75) is 12.0 Å². The normalized spacial score (nSPS) is 14.2. The van der Waals surface area contributed by atoms with Crippen LogP contribution in [0.4, 0.5) is 0 Å². The van der Waals surface area contributed by atoms with E-state index in [0.29, 0.717) is 6.54 Å². The third kappa shape index (κ3) is 2.90. The summed E-state index contributed by atoms with van der Waals surface area (Å²) < 4.78 is 2.22. The van der Waals surface area contributed by atoms with Gasteiger partial charge in [-0.1, -0.05) is 46.3 Å². The lowest BCUT2D eigenvalue weighted by molar-refractivity contribution is 0.149. The van der Waals surface area contributed by atoms with Gasteiger partial charge in [-0.2, -0.15) is 0 Å². The monoisotopic (exact) mass is 361 g/mol. The van der Waals surface area contributed by atoms with Crippen molar-refractivity contribution in [1.29, 1.82) is 0 Å². The van der Waals surface area contributed by atoms with E-state index in [9.17, 15) is 5.11 Å². The number of aliphatic hydroxyl groups excluding tert-OH is 1. The molecule has 1 heterocycles. The van der Waals surface area contributed by atoms with Gasteiger partial charge in [-0.3, -0.25) is 0 Å². The Morgan fingerprint density at radius 2 is 1.81 bits per heavy atom. The molecule has 0 amide bonds. The van der Waals surface area contributed by atoms with E-state index >= 15 is 0 Å². The number of halogens is 1. The summed E-state index contributed by atoms with van der Waals surface area (Å²) >= 11 is 5.09. The number of benzene rings is 2. The zero-order chi connectivity index (χ0) is 14.8. The lowest BCUT2D eigenvalue weighted by atomic mass is 9.89. The Kier molecular flexibility index (Phi) is 4.40. The topological polar surface area (TPSA) is 46.2 Å². The quantitative estimate of drug-likeness (QED) is 0.721. The molecule has 0 aliphatic rings. The highest BCUT2D eigenvalue weighted by Gasteiger charge is 2.23. The van der Waals surface area contributed by atoms with Crippen LogP contribution in [0.3, 0.4) is 0 Å². The standard InChI is InChI=1S/C17H16BrNOS/c18-12-7-5-11(6-8-12)14(9-19)17(20)15-10-21-16-4-2-1-3-13(15)16/h1-8,10,14,17,20H,9,19H2. The second-order valence-electron chi connectivity index (χ2n) is 5.03. The average molecular weight is 362 g/mol. The van der Waals surface area contributed by atoms with Crippen LogP contribution in [-0.2, 0) is 0 Å². The molecule has 2 aromatic carbocycles. The summed E-state index contributed by atoms with van der Waals surface area (Å²) in [5, 5.41) is 14.0. The maximum atomic E-state index is 10.8. The van der Waals surface area contributed by atoms with E-state index in [0.717, 1.165) is 21.0 Å². The second kappa shape index (κ2) is 6.28. The molecule has 108 valence electrons. The molecule has 0 radical (unpaired) electrons. The Balaban J connectivity index is 1.98. The molecule has 3 N–H and O–H groups in total. The second-order valence-corrected chi connectivity index (χ2v) is 6.85. The number of hydrogen-bond acceptors (Lipinski definition) is 3. The number of fused-ring (bicyclic) bond motifs is 1. The minimum absolute atomic E-state index is 0.101. The van der Waals surface area contributed by atoms with Crippen molar-refractivity contribution >= 4 is 37.4 Å². The van der Waals surface area contributed by atoms with E-state index in [-0.39, 0.29) is 5.92 Å². The Morgan fingerprint density at radius 3 is 2.52 bits per heavy atom.